The Hall–Kier alpha value is -2.97. The zero-order chi connectivity index (χ0) is 23.4. The van der Waals surface area contributed by atoms with Crippen molar-refractivity contribution >= 4 is 22.8 Å². The average molecular weight is 479 g/mol. The molecule has 1 aromatic carbocycles. The number of aromatic nitrogens is 6. The Kier molecular flexibility index (Phi) is 5.30. The third-order valence-corrected chi connectivity index (χ3v) is 6.94. The van der Waals surface area contributed by atoms with Crippen LogP contribution in [0.4, 0.5) is 4.39 Å². The van der Waals surface area contributed by atoms with Crippen LogP contribution in [0.25, 0.3) is 22.4 Å². The lowest BCUT2D eigenvalue weighted by molar-refractivity contribution is 0.00396. The summed E-state index contributed by atoms with van der Waals surface area (Å²) in [5.74, 6) is 0.234. The fourth-order valence-corrected chi connectivity index (χ4v) is 4.66. The molecule has 2 unspecified atom stereocenters. The Labute approximate surface area is 201 Å². The number of fused-ring (bicyclic) bond motifs is 1. The number of hydrogen-bond donors (Lipinski definition) is 0. The predicted octanol–water partition coefficient (Wildman–Crippen LogP) is 5.66. The van der Waals surface area contributed by atoms with Crippen molar-refractivity contribution in [1.29, 1.82) is 0 Å². The van der Waals surface area contributed by atoms with E-state index in [9.17, 15) is 4.39 Å². The van der Waals surface area contributed by atoms with Gasteiger partial charge in [0.1, 0.15) is 22.9 Å². The van der Waals surface area contributed by atoms with Gasteiger partial charge in [-0.25, -0.2) is 24.3 Å². The van der Waals surface area contributed by atoms with Crippen LogP contribution in [0.1, 0.15) is 66.5 Å². The van der Waals surface area contributed by atoms with Crippen LogP contribution in [0, 0.1) is 19.7 Å². The van der Waals surface area contributed by atoms with Crippen LogP contribution in [0.3, 0.4) is 0 Å². The largest absolute Gasteiger partial charge is 0.373 e. The fraction of sp³-hybridized carbons (Fsp3) is 0.400. The summed E-state index contributed by atoms with van der Waals surface area (Å²) < 4.78 is 23.1. The monoisotopic (exact) mass is 478 g/mol. The highest BCUT2D eigenvalue weighted by Crippen LogP contribution is 2.40. The second-order valence-electron chi connectivity index (χ2n) is 9.19. The summed E-state index contributed by atoms with van der Waals surface area (Å²) in [7, 11) is 0. The SMILES string of the molecule is Cc1nc2nc(C3CCOC(c4cnn(C5CC5)c4)C3)nc(-c3ccc(Cl)cc3F)c2nc1C. The van der Waals surface area contributed by atoms with E-state index in [2.05, 4.69) is 21.3 Å². The lowest BCUT2D eigenvalue weighted by Gasteiger charge is -2.28. The molecule has 6 rings (SSSR count). The smallest absolute Gasteiger partial charge is 0.182 e. The van der Waals surface area contributed by atoms with E-state index in [1.54, 1.807) is 12.1 Å². The Bertz CT molecular complexity index is 1400. The first kappa shape index (κ1) is 21.6. The summed E-state index contributed by atoms with van der Waals surface area (Å²) in [5.41, 5.74) is 4.37. The zero-order valence-corrected chi connectivity index (χ0v) is 19.8. The minimum Gasteiger partial charge on any atom is -0.373 e. The first-order chi connectivity index (χ1) is 16.5. The summed E-state index contributed by atoms with van der Waals surface area (Å²) in [6.45, 7) is 4.37. The van der Waals surface area contributed by atoms with Gasteiger partial charge in [0.25, 0.3) is 0 Å². The summed E-state index contributed by atoms with van der Waals surface area (Å²) in [6, 6.07) is 5.11. The maximum atomic E-state index is 15.0. The number of ether oxygens (including phenoxy) is 1. The zero-order valence-electron chi connectivity index (χ0n) is 19.0. The molecule has 1 aliphatic heterocycles. The van der Waals surface area contributed by atoms with Gasteiger partial charge in [-0.15, -0.1) is 0 Å². The number of nitrogens with zero attached hydrogens (tertiary/aromatic N) is 6. The fourth-order valence-electron chi connectivity index (χ4n) is 4.50. The van der Waals surface area contributed by atoms with Crippen molar-refractivity contribution in [2.24, 2.45) is 0 Å². The average Bonchev–Trinajstić information content (AvgIpc) is 3.56. The molecule has 1 saturated carbocycles. The molecule has 2 atom stereocenters. The van der Waals surface area contributed by atoms with Gasteiger partial charge in [0.15, 0.2) is 5.65 Å². The quantitative estimate of drug-likeness (QED) is 0.376. The molecule has 3 aromatic heterocycles. The van der Waals surface area contributed by atoms with Gasteiger partial charge < -0.3 is 4.74 Å². The Morgan fingerprint density at radius 3 is 2.68 bits per heavy atom. The van der Waals surface area contributed by atoms with Crippen molar-refractivity contribution in [2.45, 2.75) is 57.6 Å². The maximum Gasteiger partial charge on any atom is 0.182 e. The van der Waals surface area contributed by atoms with E-state index < -0.39 is 5.82 Å². The van der Waals surface area contributed by atoms with Gasteiger partial charge in [-0.1, -0.05) is 11.6 Å². The molecule has 34 heavy (non-hydrogen) atoms. The van der Waals surface area contributed by atoms with Gasteiger partial charge in [0.2, 0.25) is 0 Å². The molecule has 174 valence electrons. The Morgan fingerprint density at radius 1 is 1.06 bits per heavy atom. The molecule has 4 heterocycles. The molecule has 0 radical (unpaired) electrons. The normalized spacial score (nSPS) is 20.7. The summed E-state index contributed by atoms with van der Waals surface area (Å²) in [6.07, 6.45) is 7.79. The third-order valence-electron chi connectivity index (χ3n) is 6.71. The van der Waals surface area contributed by atoms with Crippen LogP contribution in [0.15, 0.2) is 30.6 Å². The topological polar surface area (TPSA) is 78.6 Å². The second-order valence-corrected chi connectivity index (χ2v) is 9.62. The molecular weight excluding hydrogens is 455 g/mol. The van der Waals surface area contributed by atoms with E-state index in [1.165, 1.54) is 18.9 Å². The molecule has 1 aliphatic carbocycles. The van der Waals surface area contributed by atoms with Gasteiger partial charge in [-0.3, -0.25) is 4.68 Å². The highest BCUT2D eigenvalue weighted by Gasteiger charge is 2.31. The standard InChI is InChI=1S/C25H24ClFN6O/c1-13-14(2)30-25-23(29-13)22(19-6-3-17(26)10-20(19)27)31-24(32-25)15-7-8-34-21(9-15)16-11-28-33(12-16)18-4-5-18/h3,6,10-12,15,18,21H,4-5,7-9H2,1-2H3. The van der Waals surface area contributed by atoms with Gasteiger partial charge in [-0.2, -0.15) is 5.10 Å². The van der Waals surface area contributed by atoms with E-state index in [0.29, 0.717) is 45.9 Å². The van der Waals surface area contributed by atoms with Crippen molar-refractivity contribution in [3.63, 3.8) is 0 Å². The summed E-state index contributed by atoms with van der Waals surface area (Å²) >= 11 is 6.00. The van der Waals surface area contributed by atoms with Crippen LogP contribution in [0.2, 0.25) is 5.02 Å². The van der Waals surface area contributed by atoms with Gasteiger partial charge in [0, 0.05) is 34.9 Å². The first-order valence-electron chi connectivity index (χ1n) is 11.6. The molecule has 0 amide bonds. The van der Waals surface area contributed by atoms with Gasteiger partial charge >= 0.3 is 0 Å². The number of halogens is 2. The van der Waals surface area contributed by atoms with E-state index >= 15 is 0 Å². The van der Waals surface area contributed by atoms with Crippen molar-refractivity contribution in [1.82, 2.24) is 29.7 Å². The number of benzene rings is 1. The molecule has 7 nitrogen and oxygen atoms in total. The summed E-state index contributed by atoms with van der Waals surface area (Å²) in [5, 5.41) is 4.85. The van der Waals surface area contributed by atoms with E-state index in [1.807, 2.05) is 24.7 Å². The lowest BCUT2D eigenvalue weighted by Crippen LogP contribution is -2.20. The van der Waals surface area contributed by atoms with E-state index in [4.69, 9.17) is 26.3 Å². The van der Waals surface area contributed by atoms with Crippen LogP contribution < -0.4 is 0 Å². The number of hydrogen-bond acceptors (Lipinski definition) is 6. The molecule has 0 N–H and O–H groups in total. The number of aryl methyl sites for hydroxylation is 2. The van der Waals surface area contributed by atoms with Crippen LogP contribution in [0.5, 0.6) is 0 Å². The highest BCUT2D eigenvalue weighted by atomic mass is 35.5. The van der Waals surface area contributed by atoms with E-state index in [0.717, 1.165) is 29.8 Å². The minimum atomic E-state index is -0.448. The summed E-state index contributed by atoms with van der Waals surface area (Å²) in [4.78, 5) is 19.0. The molecule has 4 aromatic rings. The second kappa shape index (κ2) is 8.36. The maximum absolute atomic E-state index is 15.0. The number of rotatable bonds is 4. The molecule has 0 bridgehead atoms. The highest BCUT2D eigenvalue weighted by molar-refractivity contribution is 6.30. The molecule has 2 fully saturated rings. The Balaban J connectivity index is 1.41. The first-order valence-corrected chi connectivity index (χ1v) is 12.0. The van der Waals surface area contributed by atoms with Gasteiger partial charge in [-0.05, 0) is 57.7 Å². The van der Waals surface area contributed by atoms with Crippen molar-refractivity contribution < 1.29 is 9.13 Å². The van der Waals surface area contributed by atoms with Crippen molar-refractivity contribution in [2.75, 3.05) is 6.61 Å². The van der Waals surface area contributed by atoms with E-state index in [-0.39, 0.29) is 12.0 Å². The molecule has 0 spiro atoms. The van der Waals surface area contributed by atoms with Crippen molar-refractivity contribution in [3.8, 4) is 11.3 Å². The lowest BCUT2D eigenvalue weighted by atomic mass is 9.92. The third kappa shape index (κ3) is 3.95. The minimum absolute atomic E-state index is 0.0462. The van der Waals surface area contributed by atoms with Gasteiger partial charge in [0.05, 0.1) is 29.7 Å². The van der Waals surface area contributed by atoms with Crippen LogP contribution in [-0.2, 0) is 4.74 Å². The molecule has 1 saturated heterocycles. The van der Waals surface area contributed by atoms with Crippen LogP contribution >= 0.6 is 11.6 Å². The predicted molar refractivity (Wildman–Crippen MR) is 126 cm³/mol. The van der Waals surface area contributed by atoms with Crippen molar-refractivity contribution in [3.05, 3.63) is 64.2 Å². The Morgan fingerprint density at radius 2 is 1.88 bits per heavy atom. The molecule has 2 aliphatic rings. The molecular formula is C25H24ClFN6O. The molecule has 9 heteroatoms. The van der Waals surface area contributed by atoms with Crippen LogP contribution in [-0.4, -0.2) is 36.3 Å².